The number of aromatic nitrogens is 2. The lowest BCUT2D eigenvalue weighted by atomic mass is 9.90. The third-order valence-corrected chi connectivity index (χ3v) is 3.76. The molecule has 0 radical (unpaired) electrons. The Kier molecular flexibility index (Phi) is 2.85. The van der Waals surface area contributed by atoms with Crippen LogP contribution < -0.4 is 0 Å². The van der Waals surface area contributed by atoms with Gasteiger partial charge in [-0.05, 0) is 42.9 Å². The summed E-state index contributed by atoms with van der Waals surface area (Å²) in [5, 5.41) is 9.27. The van der Waals surface area contributed by atoms with E-state index in [1.54, 1.807) is 17.9 Å². The smallest absolute Gasteiger partial charge is 0.354 e. The molecule has 1 aliphatic rings. The Bertz CT molecular complexity index is 644. The molecule has 19 heavy (non-hydrogen) atoms. The van der Waals surface area contributed by atoms with Crippen LogP contribution in [0.4, 0.5) is 0 Å². The minimum Gasteiger partial charge on any atom is -0.477 e. The summed E-state index contributed by atoms with van der Waals surface area (Å²) in [6, 6.07) is 6.20. The van der Waals surface area contributed by atoms with Gasteiger partial charge in [-0.2, -0.15) is 0 Å². The zero-order valence-corrected chi connectivity index (χ0v) is 10.9. The van der Waals surface area contributed by atoms with Crippen LogP contribution in [-0.4, -0.2) is 20.6 Å². The molecular formula is C15H16N2O2. The molecule has 0 unspecified atom stereocenters. The van der Waals surface area contributed by atoms with E-state index in [4.69, 9.17) is 0 Å². The molecule has 1 aromatic carbocycles. The van der Waals surface area contributed by atoms with E-state index in [9.17, 15) is 9.90 Å². The number of carbonyl (C=O) groups is 1. The molecule has 2 aromatic rings. The van der Waals surface area contributed by atoms with Gasteiger partial charge in [0.05, 0.1) is 6.33 Å². The van der Waals surface area contributed by atoms with E-state index >= 15 is 0 Å². The zero-order chi connectivity index (χ0) is 13.4. The van der Waals surface area contributed by atoms with Gasteiger partial charge in [0.25, 0.3) is 0 Å². The molecule has 0 fully saturated rings. The van der Waals surface area contributed by atoms with Crippen molar-refractivity contribution >= 4 is 5.97 Å². The summed E-state index contributed by atoms with van der Waals surface area (Å²) < 4.78 is 1.55. The molecule has 1 heterocycles. The first kappa shape index (κ1) is 12.0. The van der Waals surface area contributed by atoms with Gasteiger partial charge in [0, 0.05) is 12.6 Å². The molecule has 4 heteroatoms. The highest BCUT2D eigenvalue weighted by Gasteiger charge is 2.19. The molecule has 0 bridgehead atoms. The summed E-state index contributed by atoms with van der Waals surface area (Å²) in [6.45, 7) is 0. The molecule has 0 saturated heterocycles. The van der Waals surface area contributed by atoms with E-state index in [2.05, 4.69) is 17.1 Å². The van der Waals surface area contributed by atoms with Crippen LogP contribution in [0.2, 0.25) is 0 Å². The van der Waals surface area contributed by atoms with Gasteiger partial charge in [-0.3, -0.25) is 0 Å². The number of hydrogen-bond donors (Lipinski definition) is 1. The van der Waals surface area contributed by atoms with Gasteiger partial charge in [-0.15, -0.1) is 0 Å². The molecular weight excluding hydrogens is 240 g/mol. The van der Waals surface area contributed by atoms with Gasteiger partial charge in [-0.1, -0.05) is 12.1 Å². The quantitative estimate of drug-likeness (QED) is 0.898. The van der Waals surface area contributed by atoms with Crippen LogP contribution >= 0.6 is 0 Å². The highest BCUT2D eigenvalue weighted by Crippen LogP contribution is 2.28. The summed E-state index contributed by atoms with van der Waals surface area (Å²) in [6.07, 6.45) is 6.22. The van der Waals surface area contributed by atoms with Crippen LogP contribution in [0.15, 0.2) is 24.5 Å². The highest BCUT2D eigenvalue weighted by atomic mass is 16.4. The first-order chi connectivity index (χ1) is 9.16. The lowest BCUT2D eigenvalue weighted by Gasteiger charge is -2.16. The predicted molar refractivity (Wildman–Crippen MR) is 72.2 cm³/mol. The topological polar surface area (TPSA) is 55.1 Å². The summed E-state index contributed by atoms with van der Waals surface area (Å²) in [7, 11) is 1.71. The van der Waals surface area contributed by atoms with Gasteiger partial charge in [0.2, 0.25) is 0 Å². The predicted octanol–water partition coefficient (Wildman–Crippen LogP) is 2.66. The maximum absolute atomic E-state index is 11.3. The van der Waals surface area contributed by atoms with Crippen LogP contribution in [0, 0.1) is 0 Å². The van der Waals surface area contributed by atoms with Crippen molar-refractivity contribution in [2.45, 2.75) is 25.7 Å². The van der Waals surface area contributed by atoms with Gasteiger partial charge in [0.15, 0.2) is 5.69 Å². The second-order valence-electron chi connectivity index (χ2n) is 5.05. The number of benzene rings is 1. The van der Waals surface area contributed by atoms with Crippen LogP contribution in [0.1, 0.15) is 34.5 Å². The van der Waals surface area contributed by atoms with E-state index < -0.39 is 5.97 Å². The van der Waals surface area contributed by atoms with Crippen molar-refractivity contribution in [3.05, 3.63) is 41.3 Å². The highest BCUT2D eigenvalue weighted by molar-refractivity contribution is 5.93. The van der Waals surface area contributed by atoms with E-state index in [-0.39, 0.29) is 5.69 Å². The molecule has 1 N–H and O–H groups in total. The SMILES string of the molecule is Cn1cnc(-c2ccc3c(c2)CCCC3)c1C(=O)O. The van der Waals surface area contributed by atoms with Crippen molar-refractivity contribution in [1.82, 2.24) is 9.55 Å². The lowest BCUT2D eigenvalue weighted by Crippen LogP contribution is -2.06. The maximum atomic E-state index is 11.3. The molecule has 4 nitrogen and oxygen atoms in total. The number of rotatable bonds is 2. The Balaban J connectivity index is 2.10. The molecule has 1 aromatic heterocycles. The Morgan fingerprint density at radius 2 is 2.00 bits per heavy atom. The second-order valence-corrected chi connectivity index (χ2v) is 5.05. The van der Waals surface area contributed by atoms with Crippen LogP contribution in [-0.2, 0) is 19.9 Å². The largest absolute Gasteiger partial charge is 0.477 e. The Morgan fingerprint density at radius 3 is 2.74 bits per heavy atom. The molecule has 0 spiro atoms. The van der Waals surface area contributed by atoms with Crippen molar-refractivity contribution in [3.8, 4) is 11.3 Å². The third-order valence-electron chi connectivity index (χ3n) is 3.76. The Morgan fingerprint density at radius 1 is 1.26 bits per heavy atom. The van der Waals surface area contributed by atoms with E-state index in [0.29, 0.717) is 5.69 Å². The minimum atomic E-state index is -0.937. The van der Waals surface area contributed by atoms with Gasteiger partial charge in [-0.25, -0.2) is 9.78 Å². The summed E-state index contributed by atoms with van der Waals surface area (Å²) in [5.74, 6) is -0.937. The van der Waals surface area contributed by atoms with Gasteiger partial charge >= 0.3 is 5.97 Å². The number of imidazole rings is 1. The first-order valence-electron chi connectivity index (χ1n) is 6.53. The number of carboxylic acid groups (broad SMARTS) is 1. The van der Waals surface area contributed by atoms with Crippen LogP contribution in [0.3, 0.4) is 0 Å². The average molecular weight is 256 g/mol. The Hall–Kier alpha value is -2.10. The molecule has 0 aliphatic heterocycles. The minimum absolute atomic E-state index is 0.246. The molecule has 98 valence electrons. The fourth-order valence-corrected chi connectivity index (χ4v) is 2.77. The lowest BCUT2D eigenvalue weighted by molar-refractivity contribution is 0.0687. The number of carboxylic acids is 1. The van der Waals surface area contributed by atoms with Gasteiger partial charge < -0.3 is 9.67 Å². The van der Waals surface area contributed by atoms with E-state index in [1.165, 1.54) is 24.0 Å². The van der Waals surface area contributed by atoms with Crippen LogP contribution in [0.25, 0.3) is 11.3 Å². The first-order valence-corrected chi connectivity index (χ1v) is 6.53. The van der Waals surface area contributed by atoms with E-state index in [0.717, 1.165) is 18.4 Å². The third kappa shape index (κ3) is 2.03. The van der Waals surface area contributed by atoms with E-state index in [1.807, 2.05) is 6.07 Å². The van der Waals surface area contributed by atoms with Crippen molar-refractivity contribution in [1.29, 1.82) is 0 Å². The average Bonchev–Trinajstić information content (AvgIpc) is 2.80. The van der Waals surface area contributed by atoms with Gasteiger partial charge in [0.1, 0.15) is 5.69 Å². The van der Waals surface area contributed by atoms with Crippen LogP contribution in [0.5, 0.6) is 0 Å². The molecule has 0 saturated carbocycles. The zero-order valence-electron chi connectivity index (χ0n) is 10.9. The fourth-order valence-electron chi connectivity index (χ4n) is 2.77. The Labute approximate surface area is 111 Å². The van der Waals surface area contributed by atoms with Crippen molar-refractivity contribution in [3.63, 3.8) is 0 Å². The molecule has 0 atom stereocenters. The number of aryl methyl sites for hydroxylation is 3. The number of nitrogens with zero attached hydrogens (tertiary/aromatic N) is 2. The summed E-state index contributed by atoms with van der Waals surface area (Å²) in [4.78, 5) is 15.5. The normalized spacial score (nSPS) is 14.2. The summed E-state index contributed by atoms with van der Waals surface area (Å²) >= 11 is 0. The fraction of sp³-hybridized carbons (Fsp3) is 0.333. The second kappa shape index (κ2) is 4.53. The number of fused-ring (bicyclic) bond motifs is 1. The monoisotopic (exact) mass is 256 g/mol. The standard InChI is InChI=1S/C15H16N2O2/c1-17-9-16-13(14(17)15(18)19)12-7-6-10-4-2-3-5-11(10)8-12/h6-9H,2-5H2,1H3,(H,18,19). The number of aromatic carboxylic acids is 1. The maximum Gasteiger partial charge on any atom is 0.354 e. The molecule has 1 aliphatic carbocycles. The van der Waals surface area contributed by atoms with Crippen molar-refractivity contribution in [2.75, 3.05) is 0 Å². The molecule has 0 amide bonds. The molecule has 3 rings (SSSR count). The summed E-state index contributed by atoms with van der Waals surface area (Å²) in [5.41, 5.74) is 4.44. The van der Waals surface area contributed by atoms with Crippen molar-refractivity contribution < 1.29 is 9.90 Å². The van der Waals surface area contributed by atoms with Crippen molar-refractivity contribution in [2.24, 2.45) is 7.05 Å². The number of hydrogen-bond acceptors (Lipinski definition) is 2.